The Bertz CT molecular complexity index is 466. The summed E-state index contributed by atoms with van der Waals surface area (Å²) in [7, 11) is 0. The number of hydrogen-bond donors (Lipinski definition) is 1. The lowest BCUT2D eigenvalue weighted by atomic mass is 9.61. The van der Waals surface area contributed by atoms with Crippen LogP contribution in [0.3, 0.4) is 0 Å². The molecule has 2 aliphatic rings. The van der Waals surface area contributed by atoms with Gasteiger partial charge < -0.3 is 5.11 Å². The maximum Gasteiger partial charge on any atom is 0.136 e. The van der Waals surface area contributed by atoms with Crippen molar-refractivity contribution >= 4 is 5.78 Å². The Hall–Kier alpha value is -1.15. The summed E-state index contributed by atoms with van der Waals surface area (Å²) in [4.78, 5) is 11.9. The average molecular weight is 244 g/mol. The van der Waals surface area contributed by atoms with Crippen LogP contribution in [0.15, 0.2) is 24.3 Å². The van der Waals surface area contributed by atoms with Crippen LogP contribution >= 0.6 is 0 Å². The fraction of sp³-hybridized carbons (Fsp3) is 0.562. The van der Waals surface area contributed by atoms with Crippen molar-refractivity contribution in [2.75, 3.05) is 0 Å². The lowest BCUT2D eigenvalue weighted by Crippen LogP contribution is -2.38. The molecule has 0 aliphatic heterocycles. The highest BCUT2D eigenvalue weighted by atomic mass is 16.3. The number of aliphatic hydroxyl groups excluding tert-OH is 1. The summed E-state index contributed by atoms with van der Waals surface area (Å²) in [6, 6.07) is 8.13. The van der Waals surface area contributed by atoms with Gasteiger partial charge in [0.1, 0.15) is 5.78 Å². The number of hydrogen-bond acceptors (Lipinski definition) is 2. The molecule has 3 rings (SSSR count). The van der Waals surface area contributed by atoms with Gasteiger partial charge in [-0.2, -0.15) is 0 Å². The Balaban J connectivity index is 2.10. The van der Waals surface area contributed by atoms with Gasteiger partial charge in [-0.1, -0.05) is 37.1 Å². The molecule has 1 fully saturated rings. The van der Waals surface area contributed by atoms with Crippen LogP contribution in [0.1, 0.15) is 55.8 Å². The summed E-state index contributed by atoms with van der Waals surface area (Å²) in [5.74, 6) is 0.785. The van der Waals surface area contributed by atoms with E-state index in [0.717, 1.165) is 18.4 Å². The van der Waals surface area contributed by atoms with Crippen molar-refractivity contribution in [3.63, 3.8) is 0 Å². The molecular weight excluding hydrogens is 224 g/mol. The quantitative estimate of drug-likeness (QED) is 0.823. The van der Waals surface area contributed by atoms with E-state index < -0.39 is 6.10 Å². The predicted octanol–water partition coefficient (Wildman–Crippen LogP) is 3.21. The Labute approximate surface area is 108 Å². The number of carbonyl (C=O) groups is 1. The van der Waals surface area contributed by atoms with E-state index >= 15 is 0 Å². The van der Waals surface area contributed by atoms with E-state index in [0.29, 0.717) is 11.8 Å². The third-order valence-electron chi connectivity index (χ3n) is 4.80. The van der Waals surface area contributed by atoms with Gasteiger partial charge in [-0.3, -0.25) is 4.79 Å². The molecule has 2 heteroatoms. The number of ketones is 1. The van der Waals surface area contributed by atoms with E-state index in [9.17, 15) is 9.90 Å². The SMILES string of the molecule is CC(=O)[C@@H]1[C@H]2CCCC[C@@H]2c2ccccc2[C@@H]1O. The largest absolute Gasteiger partial charge is 0.388 e. The van der Waals surface area contributed by atoms with Crippen molar-refractivity contribution in [3.05, 3.63) is 35.4 Å². The molecular formula is C16H20O2. The second kappa shape index (κ2) is 4.51. The fourth-order valence-electron chi connectivity index (χ4n) is 4.04. The number of Topliss-reactive ketones (excluding diaryl/α,β-unsaturated/α-hetero) is 1. The Morgan fingerprint density at radius 1 is 1.17 bits per heavy atom. The lowest BCUT2D eigenvalue weighted by molar-refractivity contribution is -0.128. The molecule has 4 atom stereocenters. The second-order valence-electron chi connectivity index (χ2n) is 5.76. The maximum absolute atomic E-state index is 11.9. The van der Waals surface area contributed by atoms with E-state index in [4.69, 9.17) is 0 Å². The third kappa shape index (κ3) is 1.71. The molecule has 0 bridgehead atoms. The van der Waals surface area contributed by atoms with E-state index in [2.05, 4.69) is 6.07 Å². The van der Waals surface area contributed by atoms with Crippen molar-refractivity contribution in [2.45, 2.75) is 44.6 Å². The topological polar surface area (TPSA) is 37.3 Å². The number of fused-ring (bicyclic) bond motifs is 3. The van der Waals surface area contributed by atoms with E-state index in [1.54, 1.807) is 6.92 Å². The Kier molecular flexibility index (Phi) is 2.98. The van der Waals surface area contributed by atoms with Crippen molar-refractivity contribution in [1.82, 2.24) is 0 Å². The van der Waals surface area contributed by atoms with Gasteiger partial charge in [-0.25, -0.2) is 0 Å². The molecule has 18 heavy (non-hydrogen) atoms. The smallest absolute Gasteiger partial charge is 0.136 e. The zero-order valence-electron chi connectivity index (χ0n) is 10.8. The van der Waals surface area contributed by atoms with E-state index in [-0.39, 0.29) is 11.7 Å². The highest BCUT2D eigenvalue weighted by Gasteiger charge is 2.44. The van der Waals surface area contributed by atoms with Gasteiger partial charge in [0.05, 0.1) is 12.0 Å². The highest BCUT2D eigenvalue weighted by Crippen LogP contribution is 2.51. The van der Waals surface area contributed by atoms with Crippen molar-refractivity contribution < 1.29 is 9.90 Å². The molecule has 2 nitrogen and oxygen atoms in total. The first-order valence-electron chi connectivity index (χ1n) is 6.97. The molecule has 96 valence electrons. The highest BCUT2D eigenvalue weighted by molar-refractivity contribution is 5.80. The summed E-state index contributed by atoms with van der Waals surface area (Å²) >= 11 is 0. The predicted molar refractivity (Wildman–Crippen MR) is 70.3 cm³/mol. The van der Waals surface area contributed by atoms with E-state index in [1.807, 2.05) is 18.2 Å². The molecule has 0 amide bonds. The molecule has 0 unspecified atom stereocenters. The molecule has 0 aromatic heterocycles. The Morgan fingerprint density at radius 3 is 2.56 bits per heavy atom. The molecule has 0 spiro atoms. The van der Waals surface area contributed by atoms with Gasteiger partial charge >= 0.3 is 0 Å². The zero-order chi connectivity index (χ0) is 12.7. The van der Waals surface area contributed by atoms with Crippen LogP contribution in [0, 0.1) is 11.8 Å². The maximum atomic E-state index is 11.9. The fourth-order valence-corrected chi connectivity index (χ4v) is 4.04. The van der Waals surface area contributed by atoms with Crippen molar-refractivity contribution in [2.24, 2.45) is 11.8 Å². The summed E-state index contributed by atoms with van der Waals surface area (Å²) in [6.45, 7) is 1.63. The second-order valence-corrected chi connectivity index (χ2v) is 5.76. The minimum absolute atomic E-state index is 0.147. The van der Waals surface area contributed by atoms with Crippen LogP contribution < -0.4 is 0 Å². The van der Waals surface area contributed by atoms with Crippen LogP contribution in [0.5, 0.6) is 0 Å². The van der Waals surface area contributed by atoms with E-state index in [1.165, 1.54) is 18.4 Å². The van der Waals surface area contributed by atoms with Gasteiger partial charge in [0, 0.05) is 0 Å². The normalized spacial score (nSPS) is 34.6. The average Bonchev–Trinajstić information content (AvgIpc) is 2.39. The van der Waals surface area contributed by atoms with Crippen LogP contribution in [0.25, 0.3) is 0 Å². The molecule has 0 heterocycles. The Morgan fingerprint density at radius 2 is 1.83 bits per heavy atom. The van der Waals surface area contributed by atoms with Crippen LogP contribution in [0.2, 0.25) is 0 Å². The first-order valence-corrected chi connectivity index (χ1v) is 6.97. The molecule has 1 N–H and O–H groups in total. The van der Waals surface area contributed by atoms with Gasteiger partial charge in [0.15, 0.2) is 0 Å². The van der Waals surface area contributed by atoms with Crippen LogP contribution in [0.4, 0.5) is 0 Å². The number of aliphatic hydroxyl groups is 1. The molecule has 1 aromatic rings. The van der Waals surface area contributed by atoms with Crippen molar-refractivity contribution in [1.29, 1.82) is 0 Å². The molecule has 0 radical (unpaired) electrons. The molecule has 0 saturated heterocycles. The standard InChI is InChI=1S/C16H20O2/c1-10(17)15-13-8-4-2-6-11(13)12-7-3-5-9-14(12)16(15)18/h3,5,7,9,11,13,15-16,18H,2,4,6,8H2,1H3/t11-,13+,15-,16+/m1/s1. The number of rotatable bonds is 1. The molecule has 1 saturated carbocycles. The van der Waals surface area contributed by atoms with Crippen molar-refractivity contribution in [3.8, 4) is 0 Å². The lowest BCUT2D eigenvalue weighted by Gasteiger charge is -2.44. The van der Waals surface area contributed by atoms with Crippen LogP contribution in [-0.2, 0) is 4.79 Å². The summed E-state index contributed by atoms with van der Waals surface area (Å²) in [6.07, 6.45) is 4.09. The third-order valence-corrected chi connectivity index (χ3v) is 4.80. The summed E-state index contributed by atoms with van der Waals surface area (Å²) < 4.78 is 0. The minimum atomic E-state index is -0.599. The van der Waals surface area contributed by atoms with Gasteiger partial charge in [0.25, 0.3) is 0 Å². The number of benzene rings is 1. The first-order chi connectivity index (χ1) is 8.70. The number of carbonyl (C=O) groups excluding carboxylic acids is 1. The zero-order valence-corrected chi connectivity index (χ0v) is 10.8. The molecule has 2 aliphatic carbocycles. The van der Waals surface area contributed by atoms with Gasteiger partial charge in [-0.05, 0) is 42.7 Å². The molecule has 1 aromatic carbocycles. The summed E-state index contributed by atoms with van der Waals surface area (Å²) in [5.41, 5.74) is 2.27. The minimum Gasteiger partial charge on any atom is -0.388 e. The van der Waals surface area contributed by atoms with Gasteiger partial charge in [0.2, 0.25) is 0 Å². The first kappa shape index (κ1) is 11.9. The monoisotopic (exact) mass is 244 g/mol. The summed E-state index contributed by atoms with van der Waals surface area (Å²) in [5, 5.41) is 10.5. The van der Waals surface area contributed by atoms with Gasteiger partial charge in [-0.15, -0.1) is 0 Å². The van der Waals surface area contributed by atoms with Crippen LogP contribution in [-0.4, -0.2) is 10.9 Å².